The lowest BCUT2D eigenvalue weighted by Gasteiger charge is -2.43. The third-order valence-electron chi connectivity index (χ3n) is 7.98. The Kier molecular flexibility index (Phi) is 12.5. The van der Waals surface area contributed by atoms with Gasteiger partial charge in [-0.2, -0.15) is 0 Å². The van der Waals surface area contributed by atoms with Crippen LogP contribution in [0.3, 0.4) is 0 Å². The molecule has 0 aromatic heterocycles. The predicted octanol–water partition coefficient (Wildman–Crippen LogP) is 8.87. The molecule has 0 N–H and O–H groups in total. The van der Waals surface area contributed by atoms with Gasteiger partial charge in [0.05, 0.1) is 6.61 Å². The number of rotatable bonds is 15. The molecule has 2 aliphatic carbocycles. The van der Waals surface area contributed by atoms with Crippen LogP contribution in [0.25, 0.3) is 0 Å². The normalized spacial score (nSPS) is 26.4. The maximum atomic E-state index is 5.82. The monoisotopic (exact) mass is 390 g/mol. The smallest absolute Gasteiger partial charge is 0.0644 e. The van der Waals surface area contributed by atoms with E-state index in [-0.39, 0.29) is 0 Å². The van der Waals surface area contributed by atoms with Crippen molar-refractivity contribution in [3.8, 4) is 0 Å². The number of hydrogen-bond donors (Lipinski definition) is 0. The van der Waals surface area contributed by atoms with Gasteiger partial charge < -0.3 is 4.74 Å². The zero-order chi connectivity index (χ0) is 19.9. The first-order valence-electron chi connectivity index (χ1n) is 13.0. The van der Waals surface area contributed by atoms with Crippen LogP contribution in [-0.2, 0) is 4.74 Å². The summed E-state index contributed by atoms with van der Waals surface area (Å²) in [6.45, 7) is 7.76. The summed E-state index contributed by atoms with van der Waals surface area (Å²) in [5, 5.41) is 0. The predicted molar refractivity (Wildman–Crippen MR) is 124 cm³/mol. The summed E-state index contributed by atoms with van der Waals surface area (Å²) in [4.78, 5) is 0. The molecule has 0 aromatic carbocycles. The highest BCUT2D eigenvalue weighted by atomic mass is 16.5. The molecule has 2 saturated carbocycles. The Bertz CT molecular complexity index is 374. The van der Waals surface area contributed by atoms with E-state index in [0.29, 0.717) is 5.41 Å². The highest BCUT2D eigenvalue weighted by Crippen LogP contribution is 2.49. The van der Waals surface area contributed by atoms with Crippen molar-refractivity contribution in [2.75, 3.05) is 13.2 Å². The van der Waals surface area contributed by atoms with Crippen molar-refractivity contribution in [2.24, 2.45) is 17.3 Å². The van der Waals surface area contributed by atoms with E-state index in [2.05, 4.69) is 13.5 Å². The van der Waals surface area contributed by atoms with Gasteiger partial charge in [-0.15, -0.1) is 6.58 Å². The lowest BCUT2D eigenvalue weighted by Crippen LogP contribution is -2.32. The Balaban J connectivity index is 1.71. The van der Waals surface area contributed by atoms with E-state index in [9.17, 15) is 0 Å². The summed E-state index contributed by atoms with van der Waals surface area (Å²) in [6, 6.07) is 0. The minimum atomic E-state index is 0.592. The summed E-state index contributed by atoms with van der Waals surface area (Å²) in [7, 11) is 0. The summed E-state index contributed by atoms with van der Waals surface area (Å²) in [5.74, 6) is 2.10. The Hall–Kier alpha value is -0.300. The molecule has 1 nitrogen and oxygen atoms in total. The summed E-state index contributed by atoms with van der Waals surface area (Å²) in [5.41, 5.74) is 0.592. The van der Waals surface area contributed by atoms with Gasteiger partial charge in [0, 0.05) is 6.61 Å². The molecule has 2 fully saturated rings. The molecule has 0 heterocycles. The van der Waals surface area contributed by atoms with Crippen molar-refractivity contribution in [1.82, 2.24) is 0 Å². The molecule has 0 bridgehead atoms. The van der Waals surface area contributed by atoms with Crippen molar-refractivity contribution >= 4 is 0 Å². The second-order valence-corrected chi connectivity index (χ2v) is 10.1. The summed E-state index contributed by atoms with van der Waals surface area (Å²) < 4.78 is 5.82. The average Bonchev–Trinajstić information content (AvgIpc) is 2.74. The van der Waals surface area contributed by atoms with Crippen LogP contribution in [0.2, 0.25) is 0 Å². The van der Waals surface area contributed by atoms with Crippen molar-refractivity contribution in [3.63, 3.8) is 0 Å². The molecule has 2 rings (SSSR count). The van der Waals surface area contributed by atoms with Gasteiger partial charge >= 0.3 is 0 Å². The SMILES string of the molecule is C=CCOCC[C@]1(CCCCCCCCCC)CC[C@H](C2CCCCC2)CC1. The fourth-order valence-electron chi connectivity index (χ4n) is 6.04. The fourth-order valence-corrected chi connectivity index (χ4v) is 6.04. The van der Waals surface area contributed by atoms with Crippen LogP contribution < -0.4 is 0 Å². The van der Waals surface area contributed by atoms with Crippen molar-refractivity contribution in [2.45, 2.75) is 129 Å². The number of ether oxygens (including phenoxy) is 1. The van der Waals surface area contributed by atoms with Crippen LogP contribution >= 0.6 is 0 Å². The molecule has 0 aromatic rings. The summed E-state index contributed by atoms with van der Waals surface area (Å²) in [6.07, 6.45) is 29.6. The first kappa shape index (κ1) is 24.0. The quantitative estimate of drug-likeness (QED) is 0.200. The van der Waals surface area contributed by atoms with Gasteiger partial charge in [-0.3, -0.25) is 0 Å². The molecule has 2 aliphatic rings. The van der Waals surface area contributed by atoms with E-state index in [1.54, 1.807) is 0 Å². The second-order valence-electron chi connectivity index (χ2n) is 10.1. The zero-order valence-corrected chi connectivity index (χ0v) is 19.2. The van der Waals surface area contributed by atoms with Gasteiger partial charge in [0.2, 0.25) is 0 Å². The lowest BCUT2D eigenvalue weighted by atomic mass is 9.62. The van der Waals surface area contributed by atoms with Gasteiger partial charge in [0.1, 0.15) is 0 Å². The van der Waals surface area contributed by atoms with Gasteiger partial charge in [-0.05, 0) is 55.8 Å². The van der Waals surface area contributed by atoms with Crippen LogP contribution in [0.1, 0.15) is 129 Å². The van der Waals surface area contributed by atoms with Crippen molar-refractivity contribution < 1.29 is 4.74 Å². The van der Waals surface area contributed by atoms with E-state index in [0.717, 1.165) is 25.0 Å². The van der Waals surface area contributed by atoms with Crippen LogP contribution in [0.4, 0.5) is 0 Å². The molecule has 1 heteroatoms. The van der Waals surface area contributed by atoms with Crippen LogP contribution in [0.15, 0.2) is 12.7 Å². The van der Waals surface area contributed by atoms with E-state index >= 15 is 0 Å². The largest absolute Gasteiger partial charge is 0.377 e. The third kappa shape index (κ3) is 9.02. The molecule has 0 radical (unpaired) electrons. The molecule has 0 atom stereocenters. The van der Waals surface area contributed by atoms with E-state index < -0.39 is 0 Å². The third-order valence-corrected chi connectivity index (χ3v) is 7.98. The van der Waals surface area contributed by atoms with Gasteiger partial charge in [0.15, 0.2) is 0 Å². The number of hydrogen-bond acceptors (Lipinski definition) is 1. The Labute approximate surface area is 177 Å². The molecular formula is C27H50O. The topological polar surface area (TPSA) is 9.23 Å². The maximum Gasteiger partial charge on any atom is 0.0644 e. The van der Waals surface area contributed by atoms with Gasteiger partial charge in [-0.25, -0.2) is 0 Å². The first-order valence-corrected chi connectivity index (χ1v) is 13.0. The minimum absolute atomic E-state index is 0.592. The maximum absolute atomic E-state index is 5.82. The first-order chi connectivity index (χ1) is 13.8. The second kappa shape index (κ2) is 14.6. The standard InChI is InChI=1S/C27H50O/c1-3-5-6-7-8-9-10-14-19-27(22-24-28-23-4-2)20-17-26(18-21-27)25-15-12-11-13-16-25/h4,25-26H,2-3,5-24H2,1H3/t26-,27+. The molecular weight excluding hydrogens is 340 g/mol. The molecule has 0 amide bonds. The van der Waals surface area contributed by atoms with Gasteiger partial charge in [0.25, 0.3) is 0 Å². The van der Waals surface area contributed by atoms with Crippen LogP contribution in [-0.4, -0.2) is 13.2 Å². The van der Waals surface area contributed by atoms with E-state index in [4.69, 9.17) is 4.74 Å². The molecule has 0 aliphatic heterocycles. The van der Waals surface area contributed by atoms with E-state index in [1.807, 2.05) is 6.08 Å². The minimum Gasteiger partial charge on any atom is -0.377 e. The van der Waals surface area contributed by atoms with Crippen LogP contribution in [0, 0.1) is 17.3 Å². The Morgan fingerprint density at radius 2 is 1.39 bits per heavy atom. The van der Waals surface area contributed by atoms with Crippen molar-refractivity contribution in [3.05, 3.63) is 12.7 Å². The highest BCUT2D eigenvalue weighted by Gasteiger charge is 2.37. The van der Waals surface area contributed by atoms with Gasteiger partial charge in [-0.1, -0.05) is 96.5 Å². The molecule has 164 valence electrons. The lowest BCUT2D eigenvalue weighted by molar-refractivity contribution is 0.0487. The molecule has 0 spiro atoms. The fraction of sp³-hybridized carbons (Fsp3) is 0.926. The molecule has 0 unspecified atom stereocenters. The zero-order valence-electron chi connectivity index (χ0n) is 19.2. The molecule has 0 saturated heterocycles. The Morgan fingerprint density at radius 1 is 0.786 bits per heavy atom. The molecule has 28 heavy (non-hydrogen) atoms. The Morgan fingerprint density at radius 3 is 2.04 bits per heavy atom. The average molecular weight is 391 g/mol. The number of unbranched alkanes of at least 4 members (excludes halogenated alkanes) is 7. The van der Waals surface area contributed by atoms with Crippen molar-refractivity contribution in [1.29, 1.82) is 0 Å². The summed E-state index contributed by atoms with van der Waals surface area (Å²) >= 11 is 0. The van der Waals surface area contributed by atoms with E-state index in [1.165, 1.54) is 122 Å². The van der Waals surface area contributed by atoms with Crippen LogP contribution in [0.5, 0.6) is 0 Å². The highest BCUT2D eigenvalue weighted by molar-refractivity contribution is 4.88.